The summed E-state index contributed by atoms with van der Waals surface area (Å²) in [5.74, 6) is 2.04. The molecule has 0 unspecified atom stereocenters. The van der Waals surface area contributed by atoms with E-state index in [1.807, 2.05) is 24.4 Å². The zero-order chi connectivity index (χ0) is 21.0. The second kappa shape index (κ2) is 8.66. The molecule has 0 aliphatic carbocycles. The fourth-order valence-electron chi connectivity index (χ4n) is 3.79. The Morgan fingerprint density at radius 3 is 2.90 bits per heavy atom. The summed E-state index contributed by atoms with van der Waals surface area (Å²) >= 11 is 0. The number of aromatic nitrogens is 5. The van der Waals surface area contributed by atoms with Crippen LogP contribution in [0, 0.1) is 0 Å². The topological polar surface area (TPSA) is 104 Å². The van der Waals surface area contributed by atoms with Gasteiger partial charge in [-0.25, -0.2) is 19.9 Å². The minimum atomic E-state index is 0.630. The Kier molecular flexibility index (Phi) is 5.42. The molecule has 1 saturated heterocycles. The van der Waals surface area contributed by atoms with E-state index in [-0.39, 0.29) is 0 Å². The number of H-pyrrole nitrogens is 1. The number of hydrogen-bond acceptors (Lipinski definition) is 8. The van der Waals surface area contributed by atoms with Crippen molar-refractivity contribution in [3.63, 3.8) is 0 Å². The SMILES string of the molecule is COc1cncnc1-c1ccc2nc(Nc3cc(CN4CCNCC4)ccn3)[nH]c2c1. The first-order chi connectivity index (χ1) is 15.3. The number of fused-ring (bicyclic) bond motifs is 1. The van der Waals surface area contributed by atoms with Gasteiger partial charge in [0.1, 0.15) is 17.8 Å². The fourth-order valence-corrected chi connectivity index (χ4v) is 3.79. The highest BCUT2D eigenvalue weighted by molar-refractivity contribution is 5.84. The zero-order valence-corrected chi connectivity index (χ0v) is 17.3. The first-order valence-corrected chi connectivity index (χ1v) is 10.3. The van der Waals surface area contributed by atoms with E-state index in [1.54, 1.807) is 13.3 Å². The molecule has 1 aliphatic rings. The summed E-state index contributed by atoms with van der Waals surface area (Å²) in [4.78, 5) is 23.2. The van der Waals surface area contributed by atoms with Gasteiger partial charge in [0.25, 0.3) is 0 Å². The fraction of sp³-hybridized carbons (Fsp3) is 0.273. The van der Waals surface area contributed by atoms with Crippen LogP contribution < -0.4 is 15.4 Å². The highest BCUT2D eigenvalue weighted by Gasteiger charge is 2.12. The largest absolute Gasteiger partial charge is 0.493 e. The lowest BCUT2D eigenvalue weighted by atomic mass is 10.1. The van der Waals surface area contributed by atoms with Gasteiger partial charge in [-0.3, -0.25) is 4.90 Å². The number of nitrogens with zero attached hydrogens (tertiary/aromatic N) is 5. The van der Waals surface area contributed by atoms with Crippen molar-refractivity contribution in [1.29, 1.82) is 0 Å². The van der Waals surface area contributed by atoms with Gasteiger partial charge < -0.3 is 20.4 Å². The Morgan fingerprint density at radius 1 is 1.13 bits per heavy atom. The van der Waals surface area contributed by atoms with Gasteiger partial charge in [-0.15, -0.1) is 0 Å². The number of piperazine rings is 1. The number of imidazole rings is 1. The molecule has 5 rings (SSSR count). The van der Waals surface area contributed by atoms with Crippen molar-refractivity contribution in [2.45, 2.75) is 6.54 Å². The van der Waals surface area contributed by atoms with E-state index in [1.165, 1.54) is 11.9 Å². The molecule has 0 amide bonds. The molecule has 0 atom stereocenters. The van der Waals surface area contributed by atoms with Crippen LogP contribution in [0.15, 0.2) is 49.1 Å². The number of nitrogens with one attached hydrogen (secondary N) is 3. The molecule has 0 spiro atoms. The molecule has 1 aliphatic heterocycles. The van der Waals surface area contributed by atoms with Crippen LogP contribution >= 0.6 is 0 Å². The van der Waals surface area contributed by atoms with Crippen LogP contribution in [-0.4, -0.2) is 63.1 Å². The molecule has 3 N–H and O–H groups in total. The smallest absolute Gasteiger partial charge is 0.206 e. The summed E-state index contributed by atoms with van der Waals surface area (Å²) in [5, 5.41) is 6.68. The highest BCUT2D eigenvalue weighted by atomic mass is 16.5. The van der Waals surface area contributed by atoms with E-state index < -0.39 is 0 Å². The van der Waals surface area contributed by atoms with Crippen LogP contribution in [0.5, 0.6) is 5.75 Å². The number of benzene rings is 1. The summed E-state index contributed by atoms with van der Waals surface area (Å²) in [7, 11) is 1.61. The zero-order valence-electron chi connectivity index (χ0n) is 17.3. The lowest BCUT2D eigenvalue weighted by Gasteiger charge is -2.27. The first kappa shape index (κ1) is 19.4. The van der Waals surface area contributed by atoms with Gasteiger partial charge in [-0.05, 0) is 29.8 Å². The van der Waals surface area contributed by atoms with Gasteiger partial charge in [0.15, 0.2) is 5.75 Å². The molecule has 4 heterocycles. The molecule has 31 heavy (non-hydrogen) atoms. The van der Waals surface area contributed by atoms with Gasteiger partial charge in [-0.1, -0.05) is 6.07 Å². The molecule has 158 valence electrons. The summed E-state index contributed by atoms with van der Waals surface area (Å²) in [5.41, 5.74) is 4.66. The number of rotatable bonds is 6. The lowest BCUT2D eigenvalue weighted by molar-refractivity contribution is 0.233. The van der Waals surface area contributed by atoms with Crippen LogP contribution in [0.25, 0.3) is 22.3 Å². The van der Waals surface area contributed by atoms with Gasteiger partial charge in [-0.2, -0.15) is 0 Å². The van der Waals surface area contributed by atoms with Gasteiger partial charge >= 0.3 is 0 Å². The molecule has 0 saturated carbocycles. The Labute approximate surface area is 179 Å². The molecule has 4 aromatic rings. The number of anilines is 2. The number of aromatic amines is 1. The second-order valence-corrected chi connectivity index (χ2v) is 7.46. The number of pyridine rings is 1. The van der Waals surface area contributed by atoms with Crippen molar-refractivity contribution in [2.24, 2.45) is 0 Å². The maximum atomic E-state index is 5.38. The van der Waals surface area contributed by atoms with Gasteiger partial charge in [0.2, 0.25) is 5.95 Å². The predicted molar refractivity (Wildman–Crippen MR) is 119 cm³/mol. The number of methoxy groups -OCH3 is 1. The molecule has 0 radical (unpaired) electrons. The van der Waals surface area contributed by atoms with Crippen LogP contribution in [0.1, 0.15) is 5.56 Å². The van der Waals surface area contributed by atoms with E-state index in [9.17, 15) is 0 Å². The van der Waals surface area contributed by atoms with Gasteiger partial charge in [0, 0.05) is 44.5 Å². The average Bonchev–Trinajstić information content (AvgIpc) is 3.21. The quantitative estimate of drug-likeness (QED) is 0.441. The minimum Gasteiger partial charge on any atom is -0.493 e. The maximum Gasteiger partial charge on any atom is 0.206 e. The Balaban J connectivity index is 1.36. The molecule has 1 aromatic carbocycles. The summed E-state index contributed by atoms with van der Waals surface area (Å²) in [6.45, 7) is 5.13. The van der Waals surface area contributed by atoms with Gasteiger partial charge in [0.05, 0.1) is 24.3 Å². The monoisotopic (exact) mass is 416 g/mol. The maximum absolute atomic E-state index is 5.38. The van der Waals surface area contributed by atoms with Crippen molar-refractivity contribution >= 4 is 22.8 Å². The number of hydrogen-bond donors (Lipinski definition) is 3. The third-order valence-electron chi connectivity index (χ3n) is 5.34. The van der Waals surface area contributed by atoms with Crippen LogP contribution in [-0.2, 0) is 6.54 Å². The number of ether oxygens (including phenoxy) is 1. The molecule has 9 heteroatoms. The third-order valence-corrected chi connectivity index (χ3v) is 5.34. The Hall–Kier alpha value is -3.56. The molecular weight excluding hydrogens is 392 g/mol. The predicted octanol–water partition coefficient (Wildman–Crippen LogP) is 2.57. The standard InChI is InChI=1S/C22H24N8O/c1-31-19-12-24-14-26-21(19)16-2-3-17-18(11-16)28-22(27-17)29-20-10-15(4-5-25-20)13-30-8-6-23-7-9-30/h2-5,10-12,14,23H,6-9,13H2,1H3,(H2,25,27,28,29). The average molecular weight is 416 g/mol. The summed E-state index contributed by atoms with van der Waals surface area (Å²) < 4.78 is 5.38. The van der Waals surface area contributed by atoms with E-state index in [4.69, 9.17) is 4.74 Å². The lowest BCUT2D eigenvalue weighted by Crippen LogP contribution is -2.42. The minimum absolute atomic E-state index is 0.630. The third kappa shape index (κ3) is 4.32. The second-order valence-electron chi connectivity index (χ2n) is 7.46. The van der Waals surface area contributed by atoms with Crippen molar-refractivity contribution in [1.82, 2.24) is 35.1 Å². The molecule has 3 aromatic heterocycles. The van der Waals surface area contributed by atoms with E-state index in [2.05, 4.69) is 52.6 Å². The van der Waals surface area contributed by atoms with Crippen molar-refractivity contribution in [3.8, 4) is 17.0 Å². The normalized spacial score (nSPS) is 14.6. The molecule has 9 nitrogen and oxygen atoms in total. The Morgan fingerprint density at radius 2 is 2.03 bits per heavy atom. The molecule has 1 fully saturated rings. The Bertz CT molecular complexity index is 1190. The van der Waals surface area contributed by atoms with E-state index in [0.717, 1.165) is 60.8 Å². The van der Waals surface area contributed by atoms with Crippen molar-refractivity contribution in [2.75, 3.05) is 38.6 Å². The van der Waals surface area contributed by atoms with Crippen LogP contribution in [0.3, 0.4) is 0 Å². The molecule has 0 bridgehead atoms. The van der Waals surface area contributed by atoms with Crippen LogP contribution in [0.4, 0.5) is 11.8 Å². The summed E-state index contributed by atoms with van der Waals surface area (Å²) in [6, 6.07) is 10.1. The molecular formula is C22H24N8O. The van der Waals surface area contributed by atoms with E-state index in [0.29, 0.717) is 11.7 Å². The van der Waals surface area contributed by atoms with E-state index >= 15 is 0 Å². The van der Waals surface area contributed by atoms with Crippen LogP contribution in [0.2, 0.25) is 0 Å². The van der Waals surface area contributed by atoms with Crippen molar-refractivity contribution < 1.29 is 4.74 Å². The summed E-state index contributed by atoms with van der Waals surface area (Å²) in [6.07, 6.45) is 5.01. The first-order valence-electron chi connectivity index (χ1n) is 10.3. The van der Waals surface area contributed by atoms with Crippen molar-refractivity contribution in [3.05, 3.63) is 54.6 Å². The highest BCUT2D eigenvalue weighted by Crippen LogP contribution is 2.29.